The molecule has 1 N–H and O–H groups in total. The fraction of sp³-hybridized carbons (Fsp3) is 0.400. The van der Waals surface area contributed by atoms with E-state index in [0.29, 0.717) is 13.2 Å². The molecule has 11 heteroatoms. The van der Waals surface area contributed by atoms with Crippen LogP contribution in [0.5, 0.6) is 0 Å². The third kappa shape index (κ3) is 5.28. The molecule has 2 aliphatic rings. The summed E-state index contributed by atoms with van der Waals surface area (Å²) in [5.74, 6) is -0.477. The van der Waals surface area contributed by atoms with Crippen molar-refractivity contribution in [3.63, 3.8) is 0 Å². The van der Waals surface area contributed by atoms with Gasteiger partial charge in [-0.05, 0) is 36.9 Å². The van der Waals surface area contributed by atoms with Gasteiger partial charge in [-0.15, -0.1) is 5.10 Å². The van der Waals surface area contributed by atoms with Crippen LogP contribution in [-0.2, 0) is 28.7 Å². The van der Waals surface area contributed by atoms with Gasteiger partial charge in [0, 0.05) is 18.7 Å². The molecular weight excluding hydrogens is 475 g/mol. The highest BCUT2D eigenvalue weighted by Crippen LogP contribution is 2.34. The second kappa shape index (κ2) is 10.00. The zero-order chi connectivity index (χ0) is 25.3. The SMILES string of the molecule is CN(Cc1ccccc1)Cc1cn(C2COC3C(NC(=O)c4ccc(C(F)(F)F)cc4)COC32)nn1. The van der Waals surface area contributed by atoms with Gasteiger partial charge in [0.2, 0.25) is 0 Å². The van der Waals surface area contributed by atoms with Crippen LogP contribution in [0.1, 0.15) is 33.2 Å². The Morgan fingerprint density at radius 1 is 1.06 bits per heavy atom. The third-order valence-corrected chi connectivity index (χ3v) is 6.44. The zero-order valence-electron chi connectivity index (χ0n) is 19.6. The Morgan fingerprint density at radius 3 is 2.50 bits per heavy atom. The molecule has 0 spiro atoms. The van der Waals surface area contributed by atoms with E-state index in [1.54, 1.807) is 4.68 Å². The number of carbonyl (C=O) groups excluding carboxylic acids is 1. The van der Waals surface area contributed by atoms with E-state index < -0.39 is 23.7 Å². The first-order valence-corrected chi connectivity index (χ1v) is 11.6. The fourth-order valence-electron chi connectivity index (χ4n) is 4.67. The Morgan fingerprint density at radius 2 is 1.78 bits per heavy atom. The van der Waals surface area contributed by atoms with E-state index in [2.05, 4.69) is 32.7 Å². The topological polar surface area (TPSA) is 81.5 Å². The summed E-state index contributed by atoms with van der Waals surface area (Å²) in [6.07, 6.45) is -3.27. The van der Waals surface area contributed by atoms with E-state index in [1.807, 2.05) is 31.4 Å². The standard InChI is InChI=1S/C25H26F3N5O3/c1-32(11-16-5-3-2-4-6-16)12-19-13-33(31-30-19)21-15-36-22-20(14-35-23(21)22)29-24(34)17-7-9-18(10-8-17)25(26,27)28/h2-10,13,20-23H,11-12,14-15H2,1H3,(H,29,34). The number of carbonyl (C=O) groups is 1. The number of nitrogens with one attached hydrogen (secondary N) is 1. The second-order valence-electron chi connectivity index (χ2n) is 9.17. The number of rotatable bonds is 7. The highest BCUT2D eigenvalue weighted by Gasteiger charge is 2.49. The number of alkyl halides is 3. The minimum atomic E-state index is -4.45. The molecule has 0 saturated carbocycles. The minimum absolute atomic E-state index is 0.140. The maximum absolute atomic E-state index is 12.8. The molecule has 1 amide bonds. The van der Waals surface area contributed by atoms with Crippen LogP contribution in [0.2, 0.25) is 0 Å². The number of benzene rings is 2. The van der Waals surface area contributed by atoms with Crippen LogP contribution in [0.3, 0.4) is 0 Å². The van der Waals surface area contributed by atoms with Crippen molar-refractivity contribution >= 4 is 5.91 Å². The molecule has 8 nitrogen and oxygen atoms in total. The predicted molar refractivity (Wildman–Crippen MR) is 123 cm³/mol. The van der Waals surface area contributed by atoms with E-state index >= 15 is 0 Å². The number of amides is 1. The van der Waals surface area contributed by atoms with Crippen molar-refractivity contribution in [3.05, 3.63) is 83.2 Å². The summed E-state index contributed by atoms with van der Waals surface area (Å²) in [6, 6.07) is 13.7. The molecule has 2 fully saturated rings. The summed E-state index contributed by atoms with van der Waals surface area (Å²) in [7, 11) is 2.02. The van der Waals surface area contributed by atoms with Crippen molar-refractivity contribution in [2.24, 2.45) is 0 Å². The Balaban J connectivity index is 1.17. The average molecular weight is 502 g/mol. The quantitative estimate of drug-likeness (QED) is 0.536. The number of hydrogen-bond donors (Lipinski definition) is 1. The molecule has 5 rings (SSSR count). The number of ether oxygens (including phenoxy) is 2. The van der Waals surface area contributed by atoms with Crippen molar-refractivity contribution in [2.75, 3.05) is 20.3 Å². The van der Waals surface area contributed by atoms with Crippen LogP contribution in [0, 0.1) is 0 Å². The van der Waals surface area contributed by atoms with Gasteiger partial charge in [-0.1, -0.05) is 35.5 Å². The molecule has 2 aliphatic heterocycles. The first kappa shape index (κ1) is 24.4. The lowest BCUT2D eigenvalue weighted by molar-refractivity contribution is -0.137. The highest BCUT2D eigenvalue weighted by atomic mass is 19.4. The van der Waals surface area contributed by atoms with Crippen LogP contribution in [0.4, 0.5) is 13.2 Å². The maximum Gasteiger partial charge on any atom is 0.416 e. The lowest BCUT2D eigenvalue weighted by Gasteiger charge is -2.18. The lowest BCUT2D eigenvalue weighted by Crippen LogP contribution is -2.44. The molecule has 0 radical (unpaired) electrons. The van der Waals surface area contributed by atoms with Gasteiger partial charge in [0.25, 0.3) is 5.91 Å². The Hall–Kier alpha value is -3.28. The first-order valence-electron chi connectivity index (χ1n) is 11.6. The van der Waals surface area contributed by atoms with Crippen molar-refractivity contribution in [2.45, 2.75) is 43.6 Å². The first-order chi connectivity index (χ1) is 17.3. The fourth-order valence-corrected chi connectivity index (χ4v) is 4.67. The minimum Gasteiger partial charge on any atom is -0.371 e. The van der Waals surface area contributed by atoms with Gasteiger partial charge in [-0.2, -0.15) is 13.2 Å². The Labute approximate surface area is 206 Å². The molecule has 2 aromatic carbocycles. The monoisotopic (exact) mass is 501 g/mol. The summed E-state index contributed by atoms with van der Waals surface area (Å²) >= 11 is 0. The number of fused-ring (bicyclic) bond motifs is 1. The maximum atomic E-state index is 12.8. The van der Waals surface area contributed by atoms with Crippen LogP contribution in [-0.4, -0.2) is 64.3 Å². The Bertz CT molecular complexity index is 1190. The number of aromatic nitrogens is 3. The van der Waals surface area contributed by atoms with Crippen LogP contribution in [0.15, 0.2) is 60.8 Å². The van der Waals surface area contributed by atoms with Gasteiger partial charge in [0.05, 0.1) is 36.7 Å². The molecule has 36 heavy (non-hydrogen) atoms. The van der Waals surface area contributed by atoms with E-state index in [-0.39, 0.29) is 30.4 Å². The van der Waals surface area contributed by atoms with E-state index in [1.165, 1.54) is 5.56 Å². The second-order valence-corrected chi connectivity index (χ2v) is 9.17. The molecular formula is C25H26F3N5O3. The lowest BCUT2D eigenvalue weighted by atomic mass is 10.1. The van der Waals surface area contributed by atoms with Gasteiger partial charge in [0.1, 0.15) is 18.2 Å². The average Bonchev–Trinajstić information content (AvgIpc) is 3.57. The molecule has 0 bridgehead atoms. The molecule has 2 saturated heterocycles. The van der Waals surface area contributed by atoms with Crippen molar-refractivity contribution in [3.8, 4) is 0 Å². The van der Waals surface area contributed by atoms with Gasteiger partial charge >= 0.3 is 6.18 Å². The summed E-state index contributed by atoms with van der Waals surface area (Å²) < 4.78 is 52.0. The molecule has 3 heterocycles. The Kier molecular flexibility index (Phi) is 6.78. The van der Waals surface area contributed by atoms with Crippen molar-refractivity contribution < 1.29 is 27.4 Å². The molecule has 190 valence electrons. The van der Waals surface area contributed by atoms with Crippen LogP contribution < -0.4 is 5.32 Å². The third-order valence-electron chi connectivity index (χ3n) is 6.44. The van der Waals surface area contributed by atoms with Gasteiger partial charge in [-0.3, -0.25) is 9.69 Å². The molecule has 0 aliphatic carbocycles. The van der Waals surface area contributed by atoms with Crippen molar-refractivity contribution in [1.82, 2.24) is 25.2 Å². The summed E-state index contributed by atoms with van der Waals surface area (Å²) in [5.41, 5.74) is 1.37. The smallest absolute Gasteiger partial charge is 0.371 e. The van der Waals surface area contributed by atoms with Crippen LogP contribution in [0.25, 0.3) is 0 Å². The normalized spacial score (nSPS) is 23.7. The van der Waals surface area contributed by atoms with Gasteiger partial charge in [-0.25, -0.2) is 4.68 Å². The predicted octanol–water partition coefficient (Wildman–Crippen LogP) is 3.07. The molecule has 4 atom stereocenters. The van der Waals surface area contributed by atoms with E-state index in [4.69, 9.17) is 9.47 Å². The van der Waals surface area contributed by atoms with Gasteiger partial charge < -0.3 is 14.8 Å². The van der Waals surface area contributed by atoms with E-state index in [0.717, 1.165) is 36.5 Å². The summed E-state index contributed by atoms with van der Waals surface area (Å²) in [5, 5.41) is 11.4. The van der Waals surface area contributed by atoms with Crippen molar-refractivity contribution in [1.29, 1.82) is 0 Å². The number of nitrogens with zero attached hydrogens (tertiary/aromatic N) is 4. The number of halogens is 3. The molecule has 4 unspecified atom stereocenters. The van der Waals surface area contributed by atoms with Crippen LogP contribution >= 0.6 is 0 Å². The summed E-state index contributed by atoms with van der Waals surface area (Å²) in [4.78, 5) is 14.8. The number of hydrogen-bond acceptors (Lipinski definition) is 6. The van der Waals surface area contributed by atoms with Gasteiger partial charge in [0.15, 0.2) is 0 Å². The highest BCUT2D eigenvalue weighted by molar-refractivity contribution is 5.94. The largest absolute Gasteiger partial charge is 0.416 e. The molecule has 3 aromatic rings. The molecule has 1 aromatic heterocycles. The van der Waals surface area contributed by atoms with E-state index in [9.17, 15) is 18.0 Å². The summed E-state index contributed by atoms with van der Waals surface area (Å²) in [6.45, 7) is 2.00. The zero-order valence-corrected chi connectivity index (χ0v) is 19.6.